The van der Waals surface area contributed by atoms with Crippen LogP contribution in [0.2, 0.25) is 0 Å². The van der Waals surface area contributed by atoms with Gasteiger partial charge in [-0.05, 0) is 55.7 Å². The van der Waals surface area contributed by atoms with Crippen molar-refractivity contribution < 1.29 is 5.11 Å². The van der Waals surface area contributed by atoms with E-state index in [0.717, 1.165) is 6.54 Å². The zero-order valence-electron chi connectivity index (χ0n) is 11.6. The molecule has 2 N–H and O–H groups in total. The molecular weight excluding hydrogens is 222 g/mol. The second-order valence-electron chi connectivity index (χ2n) is 5.69. The Kier molecular flexibility index (Phi) is 4.65. The highest BCUT2D eigenvalue weighted by molar-refractivity contribution is 5.52. The molecule has 2 heteroatoms. The van der Waals surface area contributed by atoms with Gasteiger partial charge in [0.2, 0.25) is 0 Å². The number of hydrogen-bond donors (Lipinski definition) is 2. The van der Waals surface area contributed by atoms with E-state index in [-0.39, 0.29) is 0 Å². The van der Waals surface area contributed by atoms with Crippen molar-refractivity contribution in [1.82, 2.24) is 0 Å². The van der Waals surface area contributed by atoms with Crippen molar-refractivity contribution in [2.24, 2.45) is 11.8 Å². The third kappa shape index (κ3) is 3.26. The number of aliphatic hydroxyl groups excluding tert-OH is 1. The molecule has 1 aliphatic rings. The van der Waals surface area contributed by atoms with Crippen LogP contribution in [-0.4, -0.2) is 18.3 Å². The molecule has 2 unspecified atom stereocenters. The van der Waals surface area contributed by atoms with Gasteiger partial charge in [0.05, 0.1) is 0 Å². The highest BCUT2D eigenvalue weighted by Crippen LogP contribution is 2.30. The van der Waals surface area contributed by atoms with Crippen molar-refractivity contribution in [1.29, 1.82) is 0 Å². The predicted molar refractivity (Wildman–Crippen MR) is 76.9 cm³/mol. The van der Waals surface area contributed by atoms with Crippen LogP contribution in [0.3, 0.4) is 0 Å². The van der Waals surface area contributed by atoms with E-state index < -0.39 is 0 Å². The number of rotatable bonds is 4. The first-order chi connectivity index (χ1) is 8.70. The van der Waals surface area contributed by atoms with Gasteiger partial charge in [0.1, 0.15) is 0 Å². The number of anilines is 1. The Labute approximate surface area is 110 Å². The molecule has 2 atom stereocenters. The normalized spacial score (nSPS) is 23.9. The van der Waals surface area contributed by atoms with Gasteiger partial charge in [-0.1, -0.05) is 25.0 Å². The van der Waals surface area contributed by atoms with Crippen LogP contribution in [0.25, 0.3) is 0 Å². The molecule has 1 fully saturated rings. The first-order valence-electron chi connectivity index (χ1n) is 7.12. The van der Waals surface area contributed by atoms with Crippen molar-refractivity contribution in [2.45, 2.75) is 39.5 Å². The number of hydrogen-bond acceptors (Lipinski definition) is 2. The van der Waals surface area contributed by atoms with Crippen molar-refractivity contribution in [3.8, 4) is 0 Å². The van der Waals surface area contributed by atoms with Crippen LogP contribution < -0.4 is 5.32 Å². The van der Waals surface area contributed by atoms with E-state index >= 15 is 0 Å². The Morgan fingerprint density at radius 2 is 1.89 bits per heavy atom. The molecule has 2 rings (SSSR count). The summed E-state index contributed by atoms with van der Waals surface area (Å²) in [6, 6.07) is 6.53. The molecular formula is C16H25NO. The molecule has 1 aromatic carbocycles. The van der Waals surface area contributed by atoms with Crippen molar-refractivity contribution in [2.75, 3.05) is 18.5 Å². The Morgan fingerprint density at radius 1 is 1.17 bits per heavy atom. The monoisotopic (exact) mass is 247 g/mol. The number of nitrogens with one attached hydrogen (secondary N) is 1. The summed E-state index contributed by atoms with van der Waals surface area (Å²) in [7, 11) is 0. The van der Waals surface area contributed by atoms with E-state index in [1.807, 2.05) is 0 Å². The Hall–Kier alpha value is -1.02. The smallest absolute Gasteiger partial charge is 0.0462 e. The third-order valence-electron chi connectivity index (χ3n) is 4.25. The van der Waals surface area contributed by atoms with Crippen LogP contribution in [0.15, 0.2) is 18.2 Å². The van der Waals surface area contributed by atoms with E-state index in [2.05, 4.69) is 37.4 Å². The van der Waals surface area contributed by atoms with Gasteiger partial charge in [-0.15, -0.1) is 0 Å². The van der Waals surface area contributed by atoms with E-state index in [1.165, 1.54) is 42.5 Å². The Balaban J connectivity index is 1.95. The summed E-state index contributed by atoms with van der Waals surface area (Å²) in [5.41, 5.74) is 3.85. The minimum atomic E-state index is 0.346. The summed E-state index contributed by atoms with van der Waals surface area (Å²) in [5, 5.41) is 13.0. The lowest BCUT2D eigenvalue weighted by Gasteiger charge is -2.30. The molecule has 1 aliphatic carbocycles. The highest BCUT2D eigenvalue weighted by Gasteiger charge is 2.24. The quantitative estimate of drug-likeness (QED) is 0.853. The second kappa shape index (κ2) is 6.24. The molecule has 0 aliphatic heterocycles. The van der Waals surface area contributed by atoms with Crippen molar-refractivity contribution in [3.63, 3.8) is 0 Å². The molecule has 100 valence electrons. The maximum Gasteiger partial charge on any atom is 0.0462 e. The summed E-state index contributed by atoms with van der Waals surface area (Å²) >= 11 is 0. The summed E-state index contributed by atoms with van der Waals surface area (Å²) in [4.78, 5) is 0. The topological polar surface area (TPSA) is 32.3 Å². The van der Waals surface area contributed by atoms with Gasteiger partial charge in [0, 0.05) is 18.8 Å². The van der Waals surface area contributed by atoms with Gasteiger partial charge in [0.15, 0.2) is 0 Å². The van der Waals surface area contributed by atoms with Crippen LogP contribution in [0.5, 0.6) is 0 Å². The summed E-state index contributed by atoms with van der Waals surface area (Å²) in [6.07, 6.45) is 5.04. The molecule has 2 nitrogen and oxygen atoms in total. The lowest BCUT2D eigenvalue weighted by atomic mass is 9.79. The van der Waals surface area contributed by atoms with Crippen LogP contribution >= 0.6 is 0 Å². The fourth-order valence-corrected chi connectivity index (χ4v) is 2.96. The number of aliphatic hydroxyl groups is 1. The molecule has 0 heterocycles. The average Bonchev–Trinajstić information content (AvgIpc) is 2.40. The minimum absolute atomic E-state index is 0.346. The van der Waals surface area contributed by atoms with Gasteiger partial charge in [-0.2, -0.15) is 0 Å². The second-order valence-corrected chi connectivity index (χ2v) is 5.69. The minimum Gasteiger partial charge on any atom is -0.396 e. The standard InChI is InChI=1S/C16H25NO/c1-12-7-8-13(2)16(9-12)17-10-14-5-3-4-6-15(14)11-18/h7-9,14-15,17-18H,3-6,10-11H2,1-2H3. The van der Waals surface area contributed by atoms with E-state index in [0.29, 0.717) is 18.4 Å². The Bertz CT molecular complexity index is 389. The summed E-state index contributed by atoms with van der Waals surface area (Å²) in [5.74, 6) is 1.13. The SMILES string of the molecule is Cc1ccc(C)c(NCC2CCCCC2CO)c1. The molecule has 1 saturated carbocycles. The van der Waals surface area contributed by atoms with Gasteiger partial charge in [0.25, 0.3) is 0 Å². The largest absolute Gasteiger partial charge is 0.396 e. The van der Waals surface area contributed by atoms with Crippen LogP contribution in [0.1, 0.15) is 36.8 Å². The summed E-state index contributed by atoms with van der Waals surface area (Å²) < 4.78 is 0. The maximum atomic E-state index is 9.43. The summed E-state index contributed by atoms with van der Waals surface area (Å²) in [6.45, 7) is 5.61. The molecule has 0 aromatic heterocycles. The average molecular weight is 247 g/mol. The van der Waals surface area contributed by atoms with Crippen molar-refractivity contribution in [3.05, 3.63) is 29.3 Å². The molecule has 0 radical (unpaired) electrons. The molecule has 0 saturated heterocycles. The predicted octanol–water partition coefficient (Wildman–Crippen LogP) is 3.51. The van der Waals surface area contributed by atoms with Crippen LogP contribution in [0.4, 0.5) is 5.69 Å². The van der Waals surface area contributed by atoms with Crippen LogP contribution in [-0.2, 0) is 0 Å². The van der Waals surface area contributed by atoms with E-state index in [9.17, 15) is 5.11 Å². The zero-order valence-corrected chi connectivity index (χ0v) is 11.6. The number of benzene rings is 1. The third-order valence-corrected chi connectivity index (χ3v) is 4.25. The van der Waals surface area contributed by atoms with Gasteiger partial charge >= 0.3 is 0 Å². The molecule has 0 spiro atoms. The first kappa shape index (κ1) is 13.4. The van der Waals surface area contributed by atoms with Crippen molar-refractivity contribution >= 4 is 5.69 Å². The van der Waals surface area contributed by atoms with Gasteiger partial charge in [-0.25, -0.2) is 0 Å². The van der Waals surface area contributed by atoms with Crippen LogP contribution in [0, 0.1) is 25.7 Å². The fraction of sp³-hybridized carbons (Fsp3) is 0.625. The highest BCUT2D eigenvalue weighted by atomic mass is 16.3. The first-order valence-corrected chi connectivity index (χ1v) is 7.12. The maximum absolute atomic E-state index is 9.43. The lowest BCUT2D eigenvalue weighted by molar-refractivity contribution is 0.141. The molecule has 0 bridgehead atoms. The lowest BCUT2D eigenvalue weighted by Crippen LogP contribution is -2.28. The zero-order chi connectivity index (χ0) is 13.0. The molecule has 1 aromatic rings. The molecule has 18 heavy (non-hydrogen) atoms. The molecule has 0 amide bonds. The van der Waals surface area contributed by atoms with E-state index in [4.69, 9.17) is 0 Å². The number of aryl methyl sites for hydroxylation is 2. The van der Waals surface area contributed by atoms with Gasteiger partial charge < -0.3 is 10.4 Å². The van der Waals surface area contributed by atoms with Gasteiger partial charge in [-0.3, -0.25) is 0 Å². The van der Waals surface area contributed by atoms with E-state index in [1.54, 1.807) is 0 Å². The Morgan fingerprint density at radius 3 is 2.61 bits per heavy atom. The fourth-order valence-electron chi connectivity index (χ4n) is 2.96.